The second kappa shape index (κ2) is 9.45. The van der Waals surface area contributed by atoms with Gasteiger partial charge in [0.2, 0.25) is 5.88 Å². The number of ether oxygens (including phenoxy) is 2. The number of aromatic nitrogens is 2. The zero-order valence-electron chi connectivity index (χ0n) is 15.1. The van der Waals surface area contributed by atoms with Gasteiger partial charge < -0.3 is 14.8 Å². The summed E-state index contributed by atoms with van der Waals surface area (Å²) in [4.78, 5) is 12.2. The second-order valence-corrected chi connectivity index (χ2v) is 5.85. The Kier molecular flexibility index (Phi) is 6.49. The summed E-state index contributed by atoms with van der Waals surface area (Å²) in [6, 6.07) is 20.3. The standard InChI is InChI=1S/C21H21N3O3/c1-26-14-6-13-22-21(25)17-8-5-7-16(15-17)19-11-12-20(24-23-19)27-18-9-3-2-4-10-18/h2-5,7-12,15H,6,13-14H2,1H3,(H,22,25). The van der Waals surface area contributed by atoms with Crippen LogP contribution in [0.4, 0.5) is 0 Å². The van der Waals surface area contributed by atoms with E-state index in [0.29, 0.717) is 36.0 Å². The molecule has 0 fully saturated rings. The summed E-state index contributed by atoms with van der Waals surface area (Å²) >= 11 is 0. The van der Waals surface area contributed by atoms with Gasteiger partial charge in [0.15, 0.2) is 0 Å². The third-order valence-electron chi connectivity index (χ3n) is 3.84. The van der Waals surface area contributed by atoms with Crippen molar-refractivity contribution >= 4 is 5.91 Å². The highest BCUT2D eigenvalue weighted by molar-refractivity contribution is 5.95. The fourth-order valence-corrected chi connectivity index (χ4v) is 2.48. The van der Waals surface area contributed by atoms with Gasteiger partial charge in [0.1, 0.15) is 5.75 Å². The fourth-order valence-electron chi connectivity index (χ4n) is 2.48. The third kappa shape index (κ3) is 5.36. The minimum absolute atomic E-state index is 0.120. The fraction of sp³-hybridized carbons (Fsp3) is 0.190. The smallest absolute Gasteiger partial charge is 0.251 e. The Hall–Kier alpha value is -3.25. The lowest BCUT2D eigenvalue weighted by molar-refractivity contribution is 0.0948. The van der Waals surface area contributed by atoms with E-state index < -0.39 is 0 Å². The van der Waals surface area contributed by atoms with Crippen molar-refractivity contribution in [3.8, 4) is 22.9 Å². The third-order valence-corrected chi connectivity index (χ3v) is 3.84. The zero-order chi connectivity index (χ0) is 18.9. The molecule has 3 rings (SSSR count). The number of hydrogen-bond donors (Lipinski definition) is 1. The Bertz CT molecular complexity index is 867. The summed E-state index contributed by atoms with van der Waals surface area (Å²) in [5.74, 6) is 0.994. The maximum absolute atomic E-state index is 12.2. The number of hydrogen-bond acceptors (Lipinski definition) is 5. The largest absolute Gasteiger partial charge is 0.438 e. The molecular weight excluding hydrogens is 342 g/mol. The number of amides is 1. The van der Waals surface area contributed by atoms with E-state index >= 15 is 0 Å². The van der Waals surface area contributed by atoms with Crippen LogP contribution < -0.4 is 10.1 Å². The van der Waals surface area contributed by atoms with Gasteiger partial charge in [-0.25, -0.2) is 0 Å². The van der Waals surface area contributed by atoms with Crippen LogP contribution in [0, 0.1) is 0 Å². The second-order valence-electron chi connectivity index (χ2n) is 5.85. The molecule has 0 aliphatic carbocycles. The molecular formula is C21H21N3O3. The number of benzene rings is 2. The molecule has 0 aliphatic rings. The zero-order valence-corrected chi connectivity index (χ0v) is 15.1. The van der Waals surface area contributed by atoms with Gasteiger partial charge in [0.25, 0.3) is 5.91 Å². The molecule has 1 aromatic heterocycles. The molecule has 1 amide bonds. The number of methoxy groups -OCH3 is 1. The molecule has 27 heavy (non-hydrogen) atoms. The quantitative estimate of drug-likeness (QED) is 0.618. The number of rotatable bonds is 8. The van der Waals surface area contributed by atoms with Crippen LogP contribution in [0.1, 0.15) is 16.8 Å². The average molecular weight is 363 g/mol. The maximum Gasteiger partial charge on any atom is 0.251 e. The van der Waals surface area contributed by atoms with Crippen LogP contribution in [0.25, 0.3) is 11.3 Å². The first-order valence-electron chi connectivity index (χ1n) is 8.70. The van der Waals surface area contributed by atoms with Crippen molar-refractivity contribution in [1.82, 2.24) is 15.5 Å². The summed E-state index contributed by atoms with van der Waals surface area (Å²) in [5.41, 5.74) is 2.07. The topological polar surface area (TPSA) is 73.3 Å². The number of nitrogens with zero attached hydrogens (tertiary/aromatic N) is 2. The van der Waals surface area contributed by atoms with E-state index in [9.17, 15) is 4.79 Å². The molecule has 3 aromatic rings. The Morgan fingerprint density at radius 1 is 1.00 bits per heavy atom. The van der Waals surface area contributed by atoms with E-state index in [-0.39, 0.29) is 5.91 Å². The molecule has 0 saturated heterocycles. The van der Waals surface area contributed by atoms with Crippen LogP contribution in [-0.4, -0.2) is 36.4 Å². The molecule has 1 N–H and O–H groups in total. The molecule has 0 saturated carbocycles. The highest BCUT2D eigenvalue weighted by atomic mass is 16.5. The summed E-state index contributed by atoms with van der Waals surface area (Å²) in [6.45, 7) is 1.19. The molecule has 0 spiro atoms. The lowest BCUT2D eigenvalue weighted by Gasteiger charge is -2.07. The SMILES string of the molecule is COCCCNC(=O)c1cccc(-c2ccc(Oc3ccccc3)nn2)c1. The molecule has 6 heteroatoms. The lowest BCUT2D eigenvalue weighted by atomic mass is 10.1. The summed E-state index contributed by atoms with van der Waals surface area (Å²) in [5, 5.41) is 11.2. The Morgan fingerprint density at radius 2 is 1.85 bits per heavy atom. The van der Waals surface area contributed by atoms with Gasteiger partial charge in [0.05, 0.1) is 5.69 Å². The highest BCUT2D eigenvalue weighted by Gasteiger charge is 2.08. The average Bonchev–Trinajstić information content (AvgIpc) is 2.72. The van der Waals surface area contributed by atoms with Gasteiger partial charge in [-0.2, -0.15) is 0 Å². The van der Waals surface area contributed by atoms with Crippen molar-refractivity contribution in [3.05, 3.63) is 72.3 Å². The van der Waals surface area contributed by atoms with Crippen molar-refractivity contribution in [2.24, 2.45) is 0 Å². The van der Waals surface area contributed by atoms with Gasteiger partial charge >= 0.3 is 0 Å². The van der Waals surface area contributed by atoms with Crippen LogP contribution in [0.3, 0.4) is 0 Å². The van der Waals surface area contributed by atoms with E-state index in [2.05, 4.69) is 15.5 Å². The van der Waals surface area contributed by atoms with Crippen molar-refractivity contribution in [2.75, 3.05) is 20.3 Å². The van der Waals surface area contributed by atoms with Crippen molar-refractivity contribution in [2.45, 2.75) is 6.42 Å². The van der Waals surface area contributed by atoms with Gasteiger partial charge in [0, 0.05) is 37.5 Å². The highest BCUT2D eigenvalue weighted by Crippen LogP contribution is 2.22. The Balaban J connectivity index is 1.66. The Morgan fingerprint density at radius 3 is 2.59 bits per heavy atom. The Labute approximate surface area is 158 Å². The van der Waals surface area contributed by atoms with E-state index in [4.69, 9.17) is 9.47 Å². The maximum atomic E-state index is 12.2. The van der Waals surface area contributed by atoms with E-state index in [1.807, 2.05) is 48.5 Å². The molecule has 0 radical (unpaired) electrons. The molecule has 0 aliphatic heterocycles. The van der Waals surface area contributed by atoms with Gasteiger partial charge in [-0.15, -0.1) is 10.2 Å². The van der Waals surface area contributed by atoms with E-state index in [1.165, 1.54) is 0 Å². The number of nitrogens with one attached hydrogen (secondary N) is 1. The monoisotopic (exact) mass is 363 g/mol. The molecule has 6 nitrogen and oxygen atoms in total. The first kappa shape index (κ1) is 18.5. The normalized spacial score (nSPS) is 10.4. The summed E-state index contributed by atoms with van der Waals surface area (Å²) in [7, 11) is 1.64. The van der Waals surface area contributed by atoms with Gasteiger partial charge in [-0.05, 0) is 36.8 Å². The molecule has 2 aromatic carbocycles. The predicted octanol–water partition coefficient (Wildman–Crippen LogP) is 3.70. The van der Waals surface area contributed by atoms with Crippen LogP contribution >= 0.6 is 0 Å². The van der Waals surface area contributed by atoms with Crippen molar-refractivity contribution < 1.29 is 14.3 Å². The van der Waals surface area contributed by atoms with Crippen LogP contribution in [0.15, 0.2) is 66.7 Å². The summed E-state index contributed by atoms with van der Waals surface area (Å²) < 4.78 is 10.6. The van der Waals surface area contributed by atoms with E-state index in [0.717, 1.165) is 12.0 Å². The van der Waals surface area contributed by atoms with Crippen molar-refractivity contribution in [1.29, 1.82) is 0 Å². The van der Waals surface area contributed by atoms with Crippen molar-refractivity contribution in [3.63, 3.8) is 0 Å². The predicted molar refractivity (Wildman–Crippen MR) is 103 cm³/mol. The van der Waals surface area contributed by atoms with Gasteiger partial charge in [-0.3, -0.25) is 4.79 Å². The first-order valence-corrected chi connectivity index (χ1v) is 8.70. The molecule has 0 atom stereocenters. The lowest BCUT2D eigenvalue weighted by Crippen LogP contribution is -2.25. The van der Waals surface area contributed by atoms with Crippen LogP contribution in [0.5, 0.6) is 11.6 Å². The van der Waals surface area contributed by atoms with Gasteiger partial charge in [-0.1, -0.05) is 30.3 Å². The minimum Gasteiger partial charge on any atom is -0.438 e. The molecule has 0 bridgehead atoms. The summed E-state index contributed by atoms with van der Waals surface area (Å²) in [6.07, 6.45) is 0.774. The molecule has 138 valence electrons. The first-order chi connectivity index (χ1) is 13.3. The van der Waals surface area contributed by atoms with E-state index in [1.54, 1.807) is 25.3 Å². The number of carbonyl (C=O) groups excluding carboxylic acids is 1. The number of para-hydroxylation sites is 1. The molecule has 0 unspecified atom stereocenters. The number of carbonyl (C=O) groups is 1. The van der Waals surface area contributed by atoms with Crippen LogP contribution in [0.2, 0.25) is 0 Å². The molecule has 1 heterocycles. The van der Waals surface area contributed by atoms with Crippen LogP contribution in [-0.2, 0) is 4.74 Å². The minimum atomic E-state index is -0.120.